The van der Waals surface area contributed by atoms with Gasteiger partial charge >= 0.3 is 6.61 Å². The highest BCUT2D eigenvalue weighted by Gasteiger charge is 2.10. The van der Waals surface area contributed by atoms with E-state index in [0.29, 0.717) is 29.6 Å². The topological polar surface area (TPSA) is 76.4 Å². The van der Waals surface area contributed by atoms with Crippen LogP contribution in [0.15, 0.2) is 29.5 Å². The first-order chi connectivity index (χ1) is 12.0. The molecular formula is C15H19ClF2N6O. The first kappa shape index (κ1) is 18.9. The number of hydrogen-bond donors (Lipinski definition) is 2. The summed E-state index contributed by atoms with van der Waals surface area (Å²) in [6, 6.07) is 4.44. The number of guanidine groups is 1. The number of aromatic nitrogens is 3. The Hall–Kier alpha value is -2.42. The minimum absolute atomic E-state index is 0.0484. The number of benzene rings is 1. The zero-order valence-corrected chi connectivity index (χ0v) is 14.6. The molecule has 0 saturated carbocycles. The Balaban J connectivity index is 2.09. The summed E-state index contributed by atoms with van der Waals surface area (Å²) in [5.41, 5.74) is 0.462. The number of ether oxygens (including phenoxy) is 1. The second kappa shape index (κ2) is 9.16. The van der Waals surface area contributed by atoms with E-state index >= 15 is 0 Å². The highest BCUT2D eigenvalue weighted by Crippen LogP contribution is 2.25. The van der Waals surface area contributed by atoms with Gasteiger partial charge in [0.1, 0.15) is 12.1 Å². The monoisotopic (exact) mass is 372 g/mol. The van der Waals surface area contributed by atoms with Gasteiger partial charge in [-0.15, -0.1) is 10.2 Å². The Morgan fingerprint density at radius 1 is 1.40 bits per heavy atom. The lowest BCUT2D eigenvalue weighted by Crippen LogP contribution is -2.37. The van der Waals surface area contributed by atoms with Crippen LogP contribution in [0.2, 0.25) is 5.02 Å². The molecule has 136 valence electrons. The van der Waals surface area contributed by atoms with Gasteiger partial charge in [0, 0.05) is 24.2 Å². The van der Waals surface area contributed by atoms with Gasteiger partial charge < -0.3 is 19.9 Å². The van der Waals surface area contributed by atoms with Crippen molar-refractivity contribution in [3.05, 3.63) is 40.9 Å². The number of rotatable bonds is 7. The zero-order chi connectivity index (χ0) is 18.2. The molecule has 0 fully saturated rings. The second-order valence-corrected chi connectivity index (χ2v) is 5.47. The fourth-order valence-electron chi connectivity index (χ4n) is 2.02. The van der Waals surface area contributed by atoms with Crippen LogP contribution in [-0.4, -0.2) is 33.9 Å². The molecule has 0 saturated heterocycles. The van der Waals surface area contributed by atoms with Crippen molar-refractivity contribution >= 4 is 17.6 Å². The fourth-order valence-corrected chi connectivity index (χ4v) is 2.21. The number of halogens is 3. The second-order valence-electron chi connectivity index (χ2n) is 5.04. The molecule has 7 nitrogen and oxygen atoms in total. The number of aryl methyl sites for hydroxylation is 1. The molecule has 0 radical (unpaired) electrons. The van der Waals surface area contributed by atoms with Crippen LogP contribution < -0.4 is 15.4 Å². The Bertz CT molecular complexity index is 722. The lowest BCUT2D eigenvalue weighted by atomic mass is 10.2. The smallest absolute Gasteiger partial charge is 0.387 e. The molecule has 1 aromatic heterocycles. The maximum atomic E-state index is 12.5. The van der Waals surface area contributed by atoms with Gasteiger partial charge in [-0.05, 0) is 25.1 Å². The maximum absolute atomic E-state index is 12.5. The van der Waals surface area contributed by atoms with E-state index in [9.17, 15) is 8.78 Å². The first-order valence-corrected chi connectivity index (χ1v) is 7.95. The van der Waals surface area contributed by atoms with Crippen molar-refractivity contribution < 1.29 is 13.5 Å². The third kappa shape index (κ3) is 5.86. The van der Waals surface area contributed by atoms with E-state index in [4.69, 9.17) is 11.6 Å². The summed E-state index contributed by atoms with van der Waals surface area (Å²) in [4.78, 5) is 4.38. The number of aliphatic imine (C=N–C) groups is 1. The quantitative estimate of drug-likeness (QED) is 0.576. The van der Waals surface area contributed by atoms with E-state index in [-0.39, 0.29) is 12.3 Å². The molecule has 0 unspecified atom stereocenters. The maximum Gasteiger partial charge on any atom is 0.387 e. The summed E-state index contributed by atoms with van der Waals surface area (Å²) in [5, 5.41) is 14.4. The summed E-state index contributed by atoms with van der Waals surface area (Å²) in [6.45, 7) is 0.186. The van der Waals surface area contributed by atoms with E-state index in [1.807, 2.05) is 14.0 Å². The molecule has 25 heavy (non-hydrogen) atoms. The van der Waals surface area contributed by atoms with E-state index in [1.54, 1.807) is 17.0 Å². The third-order valence-corrected chi connectivity index (χ3v) is 3.44. The van der Waals surface area contributed by atoms with Crippen molar-refractivity contribution in [2.45, 2.75) is 26.6 Å². The van der Waals surface area contributed by atoms with Crippen molar-refractivity contribution in [2.75, 3.05) is 6.54 Å². The van der Waals surface area contributed by atoms with Crippen molar-refractivity contribution in [1.82, 2.24) is 25.4 Å². The minimum atomic E-state index is -2.91. The van der Waals surface area contributed by atoms with Crippen LogP contribution in [0, 0.1) is 0 Å². The predicted octanol–water partition coefficient (Wildman–Crippen LogP) is 2.33. The number of nitrogens with zero attached hydrogens (tertiary/aromatic N) is 4. The lowest BCUT2D eigenvalue weighted by molar-refractivity contribution is -0.0504. The van der Waals surface area contributed by atoms with Gasteiger partial charge in [-0.25, -0.2) is 4.99 Å². The van der Waals surface area contributed by atoms with Crippen molar-refractivity contribution in [2.24, 2.45) is 12.0 Å². The molecule has 1 aromatic carbocycles. The first-order valence-electron chi connectivity index (χ1n) is 7.58. The summed E-state index contributed by atoms with van der Waals surface area (Å²) < 4.78 is 31.3. The molecular weight excluding hydrogens is 354 g/mol. The zero-order valence-electron chi connectivity index (χ0n) is 13.8. The Morgan fingerprint density at radius 3 is 2.84 bits per heavy atom. The fraction of sp³-hybridized carbons (Fsp3) is 0.400. The van der Waals surface area contributed by atoms with Gasteiger partial charge in [0.2, 0.25) is 0 Å². The van der Waals surface area contributed by atoms with Crippen LogP contribution in [0.5, 0.6) is 5.75 Å². The van der Waals surface area contributed by atoms with Crippen molar-refractivity contribution in [1.29, 1.82) is 0 Å². The molecule has 0 aliphatic carbocycles. The van der Waals surface area contributed by atoms with Crippen LogP contribution in [0.3, 0.4) is 0 Å². The molecule has 0 aliphatic rings. The average Bonchev–Trinajstić information content (AvgIpc) is 2.97. The normalized spacial score (nSPS) is 11.7. The van der Waals surface area contributed by atoms with Gasteiger partial charge in [-0.2, -0.15) is 8.78 Å². The van der Waals surface area contributed by atoms with Crippen LogP contribution in [0.25, 0.3) is 0 Å². The predicted molar refractivity (Wildman–Crippen MR) is 90.7 cm³/mol. The minimum Gasteiger partial charge on any atom is -0.434 e. The Morgan fingerprint density at radius 2 is 2.20 bits per heavy atom. The summed E-state index contributed by atoms with van der Waals surface area (Å²) >= 11 is 5.94. The lowest BCUT2D eigenvalue weighted by Gasteiger charge is -2.13. The van der Waals surface area contributed by atoms with Gasteiger partial charge in [-0.1, -0.05) is 11.6 Å². The van der Waals surface area contributed by atoms with Gasteiger partial charge in [-0.3, -0.25) is 0 Å². The van der Waals surface area contributed by atoms with Crippen LogP contribution in [0.1, 0.15) is 18.3 Å². The van der Waals surface area contributed by atoms with Crippen LogP contribution in [0.4, 0.5) is 8.78 Å². The van der Waals surface area contributed by atoms with Crippen LogP contribution in [-0.2, 0) is 20.1 Å². The Kier molecular flexibility index (Phi) is 6.93. The molecule has 2 aromatic rings. The molecule has 0 spiro atoms. The van der Waals surface area contributed by atoms with Crippen LogP contribution >= 0.6 is 11.6 Å². The summed E-state index contributed by atoms with van der Waals surface area (Å²) in [7, 11) is 1.83. The average molecular weight is 373 g/mol. The number of nitrogens with one attached hydrogen (secondary N) is 2. The SMILES string of the molecule is CCNC(=NCc1cc(Cl)ccc1OC(F)F)NCc1nncn1C. The molecule has 1 heterocycles. The summed E-state index contributed by atoms with van der Waals surface area (Å²) in [6.07, 6.45) is 1.60. The molecule has 0 amide bonds. The van der Waals surface area contributed by atoms with Gasteiger partial charge in [0.25, 0.3) is 0 Å². The van der Waals surface area contributed by atoms with Gasteiger partial charge in [0.15, 0.2) is 11.8 Å². The standard InChI is InChI=1S/C15H19ClF2N6O/c1-3-19-15(21-8-13-23-22-9-24(13)2)20-7-10-6-11(16)4-5-12(10)25-14(17)18/h4-6,9,14H,3,7-8H2,1-2H3,(H2,19,20,21). The van der Waals surface area contributed by atoms with E-state index in [0.717, 1.165) is 5.82 Å². The third-order valence-electron chi connectivity index (χ3n) is 3.21. The number of alkyl halides is 2. The summed E-state index contributed by atoms with van der Waals surface area (Å²) in [5.74, 6) is 1.29. The molecule has 2 rings (SSSR count). The van der Waals surface area contributed by atoms with E-state index in [2.05, 4.69) is 30.6 Å². The van der Waals surface area contributed by atoms with Crippen molar-refractivity contribution in [3.63, 3.8) is 0 Å². The highest BCUT2D eigenvalue weighted by molar-refractivity contribution is 6.30. The molecule has 0 aliphatic heterocycles. The van der Waals surface area contributed by atoms with Crippen molar-refractivity contribution in [3.8, 4) is 5.75 Å². The number of hydrogen-bond acceptors (Lipinski definition) is 4. The molecule has 2 N–H and O–H groups in total. The van der Waals surface area contributed by atoms with E-state index in [1.165, 1.54) is 12.1 Å². The molecule has 0 atom stereocenters. The highest BCUT2D eigenvalue weighted by atomic mass is 35.5. The largest absolute Gasteiger partial charge is 0.434 e. The molecule has 10 heteroatoms. The van der Waals surface area contributed by atoms with Gasteiger partial charge in [0.05, 0.1) is 13.1 Å². The van der Waals surface area contributed by atoms with E-state index < -0.39 is 6.61 Å². The Labute approximate surface area is 149 Å². The molecule has 0 bridgehead atoms.